The van der Waals surface area contributed by atoms with Gasteiger partial charge in [0, 0.05) is 17.4 Å². The fourth-order valence-electron chi connectivity index (χ4n) is 4.02. The maximum Gasteiger partial charge on any atom is 0.265 e. The van der Waals surface area contributed by atoms with E-state index in [-0.39, 0.29) is 12.5 Å². The van der Waals surface area contributed by atoms with E-state index < -0.39 is 0 Å². The van der Waals surface area contributed by atoms with Crippen LogP contribution in [-0.4, -0.2) is 17.5 Å². The molecule has 0 unspecified atom stereocenters. The second-order valence-electron chi connectivity index (χ2n) is 8.64. The van der Waals surface area contributed by atoms with Gasteiger partial charge in [0.2, 0.25) is 0 Å². The fourth-order valence-corrected chi connectivity index (χ4v) is 4.86. The van der Waals surface area contributed by atoms with Gasteiger partial charge in [-0.05, 0) is 40.8 Å². The molecule has 0 spiro atoms. The number of carbonyl (C=O) groups excluding carboxylic acids is 1. The van der Waals surface area contributed by atoms with Gasteiger partial charge in [-0.3, -0.25) is 4.79 Å². The Morgan fingerprint density at radius 1 is 1.00 bits per heavy atom. The Labute approximate surface area is 198 Å². The minimum absolute atomic E-state index is 0.0318. The molecule has 3 aromatic carbocycles. The number of carbonyl (C=O) groups is 1. The topological polar surface area (TPSA) is 42.4 Å². The molecule has 166 valence electrons. The first kappa shape index (κ1) is 21.4. The predicted octanol–water partition coefficient (Wildman–Crippen LogP) is 6.45. The van der Waals surface area contributed by atoms with Crippen molar-refractivity contribution in [3.05, 3.63) is 99.9 Å². The Morgan fingerprint density at radius 3 is 2.55 bits per heavy atom. The van der Waals surface area contributed by atoms with Crippen LogP contribution in [0.25, 0.3) is 11.3 Å². The van der Waals surface area contributed by atoms with Gasteiger partial charge in [-0.25, -0.2) is 4.98 Å². The molecule has 0 N–H and O–H groups in total. The maximum atomic E-state index is 12.8. The molecule has 1 amide bonds. The Balaban J connectivity index is 1.40. The third kappa shape index (κ3) is 4.69. The molecule has 2 heterocycles. The summed E-state index contributed by atoms with van der Waals surface area (Å²) in [6.45, 7) is 4.95. The van der Waals surface area contributed by atoms with Crippen LogP contribution < -0.4 is 9.64 Å². The predicted molar refractivity (Wildman–Crippen MR) is 134 cm³/mol. The van der Waals surface area contributed by atoms with E-state index in [1.54, 1.807) is 11.3 Å². The van der Waals surface area contributed by atoms with E-state index >= 15 is 0 Å². The van der Waals surface area contributed by atoms with Gasteiger partial charge < -0.3 is 9.64 Å². The average Bonchev–Trinajstić information content (AvgIpc) is 3.30. The Morgan fingerprint density at radius 2 is 1.79 bits per heavy atom. The second-order valence-corrected chi connectivity index (χ2v) is 9.58. The summed E-state index contributed by atoms with van der Waals surface area (Å²) in [6.07, 6.45) is 0.816. The molecule has 5 heteroatoms. The number of hydrogen-bond acceptors (Lipinski definition) is 4. The lowest BCUT2D eigenvalue weighted by Gasteiger charge is -2.30. The number of aromatic nitrogens is 1. The SMILES string of the molecule is CC(C)c1ccc(CN2C(=O)COc3ccc(-c4csc(Cc5ccccc5)n4)cc32)cc1. The number of hydrogen-bond donors (Lipinski definition) is 0. The van der Waals surface area contributed by atoms with E-state index in [0.717, 1.165) is 39.7 Å². The van der Waals surface area contributed by atoms with Crippen molar-refractivity contribution >= 4 is 22.9 Å². The number of fused-ring (bicyclic) bond motifs is 1. The van der Waals surface area contributed by atoms with Gasteiger partial charge in [-0.1, -0.05) is 68.4 Å². The van der Waals surface area contributed by atoms with Crippen LogP contribution in [0.5, 0.6) is 5.75 Å². The highest BCUT2D eigenvalue weighted by atomic mass is 32.1. The smallest absolute Gasteiger partial charge is 0.265 e. The molecule has 4 aromatic rings. The van der Waals surface area contributed by atoms with Gasteiger partial charge in [0.1, 0.15) is 5.75 Å². The van der Waals surface area contributed by atoms with Crippen LogP contribution in [0.1, 0.15) is 41.5 Å². The van der Waals surface area contributed by atoms with Gasteiger partial charge in [0.25, 0.3) is 5.91 Å². The van der Waals surface area contributed by atoms with Gasteiger partial charge in [0.15, 0.2) is 6.61 Å². The van der Waals surface area contributed by atoms with Crippen molar-refractivity contribution in [3.8, 4) is 17.0 Å². The number of nitrogens with zero attached hydrogens (tertiary/aromatic N) is 2. The van der Waals surface area contributed by atoms with Crippen molar-refractivity contribution in [2.24, 2.45) is 0 Å². The van der Waals surface area contributed by atoms with Gasteiger partial charge >= 0.3 is 0 Å². The van der Waals surface area contributed by atoms with Crippen molar-refractivity contribution in [2.45, 2.75) is 32.7 Å². The van der Waals surface area contributed by atoms with E-state index in [1.807, 2.05) is 29.2 Å². The Kier molecular flexibility index (Phi) is 5.97. The molecule has 0 radical (unpaired) electrons. The summed E-state index contributed by atoms with van der Waals surface area (Å²) in [5.74, 6) is 1.18. The maximum absolute atomic E-state index is 12.8. The largest absolute Gasteiger partial charge is 0.482 e. The molecule has 5 rings (SSSR count). The molecular weight excluding hydrogens is 428 g/mol. The highest BCUT2D eigenvalue weighted by Crippen LogP contribution is 2.37. The summed E-state index contributed by atoms with van der Waals surface area (Å²) in [6, 6.07) is 24.9. The highest BCUT2D eigenvalue weighted by molar-refractivity contribution is 7.10. The van der Waals surface area contributed by atoms with Crippen LogP contribution in [-0.2, 0) is 17.8 Å². The minimum Gasteiger partial charge on any atom is -0.482 e. The van der Waals surface area contributed by atoms with Crippen molar-refractivity contribution in [1.82, 2.24) is 4.98 Å². The first-order chi connectivity index (χ1) is 16.1. The van der Waals surface area contributed by atoms with Crippen molar-refractivity contribution in [3.63, 3.8) is 0 Å². The molecule has 0 bridgehead atoms. The molecule has 1 aliphatic heterocycles. The van der Waals surface area contributed by atoms with Crippen LogP contribution in [0.2, 0.25) is 0 Å². The summed E-state index contributed by atoms with van der Waals surface area (Å²) >= 11 is 1.66. The Bertz CT molecular complexity index is 1260. The van der Waals surface area contributed by atoms with Crippen LogP contribution in [0.4, 0.5) is 5.69 Å². The van der Waals surface area contributed by atoms with Crippen LogP contribution in [0.15, 0.2) is 78.2 Å². The van der Waals surface area contributed by atoms with Crippen LogP contribution >= 0.6 is 11.3 Å². The van der Waals surface area contributed by atoms with Crippen LogP contribution in [0.3, 0.4) is 0 Å². The summed E-state index contributed by atoms with van der Waals surface area (Å²) in [4.78, 5) is 19.5. The second kappa shape index (κ2) is 9.20. The first-order valence-corrected chi connectivity index (χ1v) is 12.1. The van der Waals surface area contributed by atoms with Crippen molar-refractivity contribution < 1.29 is 9.53 Å². The summed E-state index contributed by atoms with van der Waals surface area (Å²) < 4.78 is 5.72. The standard InChI is InChI=1S/C28H26N2O2S/c1-19(2)22-10-8-21(9-11-22)16-30-25-15-23(12-13-26(25)32-17-28(30)31)24-18-33-27(29-24)14-20-6-4-3-5-7-20/h3-13,15,18-19H,14,16-17H2,1-2H3. The normalized spacial score (nSPS) is 13.2. The Hall–Kier alpha value is -3.44. The van der Waals surface area contributed by atoms with Gasteiger partial charge in [-0.2, -0.15) is 0 Å². The molecule has 0 fully saturated rings. The third-order valence-corrected chi connectivity index (χ3v) is 6.78. The molecule has 0 saturated carbocycles. The van der Waals surface area contributed by atoms with Crippen molar-refractivity contribution in [2.75, 3.05) is 11.5 Å². The highest BCUT2D eigenvalue weighted by Gasteiger charge is 2.26. The molecular formula is C28H26N2O2S. The van der Waals surface area contributed by atoms with Gasteiger partial charge in [-0.15, -0.1) is 11.3 Å². The molecule has 1 aliphatic rings. The minimum atomic E-state index is -0.0318. The molecule has 4 nitrogen and oxygen atoms in total. The monoisotopic (exact) mass is 454 g/mol. The first-order valence-electron chi connectivity index (χ1n) is 11.2. The zero-order valence-corrected chi connectivity index (χ0v) is 19.6. The molecule has 0 aliphatic carbocycles. The number of anilines is 1. The average molecular weight is 455 g/mol. The van der Waals surface area contributed by atoms with Crippen LogP contribution in [0, 0.1) is 0 Å². The lowest BCUT2D eigenvalue weighted by Crippen LogP contribution is -2.38. The molecule has 1 aromatic heterocycles. The van der Waals surface area contributed by atoms with E-state index in [1.165, 1.54) is 11.1 Å². The van der Waals surface area contributed by atoms with E-state index in [2.05, 4.69) is 67.8 Å². The summed E-state index contributed by atoms with van der Waals surface area (Å²) in [5.41, 5.74) is 6.36. The lowest BCUT2D eigenvalue weighted by molar-refractivity contribution is -0.121. The van der Waals surface area contributed by atoms with E-state index in [9.17, 15) is 4.79 Å². The summed E-state index contributed by atoms with van der Waals surface area (Å²) in [5, 5.41) is 3.16. The number of amides is 1. The number of thiazole rings is 1. The fraction of sp³-hybridized carbons (Fsp3) is 0.214. The number of ether oxygens (including phenoxy) is 1. The van der Waals surface area contributed by atoms with E-state index in [4.69, 9.17) is 9.72 Å². The van der Waals surface area contributed by atoms with E-state index in [0.29, 0.717) is 12.5 Å². The van der Waals surface area contributed by atoms with Gasteiger partial charge in [0.05, 0.1) is 22.9 Å². The quantitative estimate of drug-likeness (QED) is 0.336. The zero-order valence-electron chi connectivity index (χ0n) is 18.8. The molecule has 0 saturated heterocycles. The summed E-state index contributed by atoms with van der Waals surface area (Å²) in [7, 11) is 0. The molecule has 0 atom stereocenters. The lowest BCUT2D eigenvalue weighted by atomic mass is 10.0. The zero-order chi connectivity index (χ0) is 22.8. The number of benzene rings is 3. The molecule has 33 heavy (non-hydrogen) atoms. The number of rotatable bonds is 6. The van der Waals surface area contributed by atoms with Crippen molar-refractivity contribution in [1.29, 1.82) is 0 Å². The third-order valence-electron chi connectivity index (χ3n) is 5.93.